The lowest BCUT2D eigenvalue weighted by molar-refractivity contribution is 0.102. The molecule has 0 aliphatic carbocycles. The second-order valence-corrected chi connectivity index (χ2v) is 7.05. The summed E-state index contributed by atoms with van der Waals surface area (Å²) >= 11 is 3.09. The van der Waals surface area contributed by atoms with Crippen molar-refractivity contribution in [2.75, 3.05) is 5.32 Å². The summed E-state index contributed by atoms with van der Waals surface area (Å²) in [6.07, 6.45) is 3.66. The van der Waals surface area contributed by atoms with Gasteiger partial charge in [-0.1, -0.05) is 12.1 Å². The third kappa shape index (κ3) is 3.67. The summed E-state index contributed by atoms with van der Waals surface area (Å²) in [7, 11) is 0. The zero-order valence-electron chi connectivity index (χ0n) is 13.1. The van der Waals surface area contributed by atoms with Crippen molar-refractivity contribution in [3.05, 3.63) is 76.2 Å². The topological polar surface area (TPSA) is 59.8 Å². The average molecular weight is 366 g/mol. The van der Waals surface area contributed by atoms with Gasteiger partial charge in [-0.2, -0.15) is 16.4 Å². The van der Waals surface area contributed by atoms with Crippen LogP contribution in [0, 0.1) is 0 Å². The van der Waals surface area contributed by atoms with E-state index in [0.717, 1.165) is 21.8 Å². The highest BCUT2D eigenvalue weighted by Crippen LogP contribution is 2.26. The number of amides is 1. The van der Waals surface area contributed by atoms with Crippen molar-refractivity contribution in [3.8, 4) is 10.6 Å². The fourth-order valence-corrected chi connectivity index (χ4v) is 3.93. The monoisotopic (exact) mass is 366 g/mol. The van der Waals surface area contributed by atoms with Crippen molar-refractivity contribution in [3.63, 3.8) is 0 Å². The van der Waals surface area contributed by atoms with Crippen LogP contribution in [0.1, 0.15) is 16.1 Å². The number of rotatable bonds is 5. The van der Waals surface area contributed by atoms with E-state index in [-0.39, 0.29) is 5.91 Å². The van der Waals surface area contributed by atoms with Crippen LogP contribution in [0.4, 0.5) is 5.69 Å². The predicted octanol–water partition coefficient (Wildman–Crippen LogP) is 4.37. The van der Waals surface area contributed by atoms with Gasteiger partial charge in [0.1, 0.15) is 10.7 Å². The third-order valence-corrected chi connectivity index (χ3v) is 5.17. The number of carbonyl (C=O) groups excluding carboxylic acids is 1. The van der Waals surface area contributed by atoms with Crippen molar-refractivity contribution in [2.45, 2.75) is 6.54 Å². The maximum Gasteiger partial charge on any atom is 0.275 e. The van der Waals surface area contributed by atoms with Crippen LogP contribution in [-0.4, -0.2) is 20.7 Å². The van der Waals surface area contributed by atoms with Gasteiger partial charge in [0, 0.05) is 34.4 Å². The van der Waals surface area contributed by atoms with Crippen molar-refractivity contribution in [2.24, 2.45) is 0 Å². The molecule has 0 aliphatic heterocycles. The summed E-state index contributed by atoms with van der Waals surface area (Å²) < 4.78 is 1.84. The first-order valence-corrected chi connectivity index (χ1v) is 9.46. The molecule has 0 fully saturated rings. The van der Waals surface area contributed by atoms with E-state index in [4.69, 9.17) is 0 Å². The average Bonchev–Trinajstić information content (AvgIpc) is 3.37. The standard InChI is InChI=1S/C18H14N4OS2/c23-17(16-12-25-18(21-16)14-5-8-24-11-14)20-15-4-1-3-13(9-15)10-22-7-2-6-19-22/h1-9,11-12H,10H2,(H,20,23). The van der Waals surface area contributed by atoms with Crippen LogP contribution in [0.15, 0.2) is 64.9 Å². The van der Waals surface area contributed by atoms with E-state index in [1.54, 1.807) is 22.9 Å². The molecule has 0 unspecified atom stereocenters. The molecule has 1 amide bonds. The molecule has 0 atom stereocenters. The Morgan fingerprint density at radius 3 is 2.96 bits per heavy atom. The molecule has 7 heteroatoms. The number of anilines is 1. The molecule has 0 radical (unpaired) electrons. The van der Waals surface area contributed by atoms with E-state index >= 15 is 0 Å². The van der Waals surface area contributed by atoms with Gasteiger partial charge in [-0.3, -0.25) is 9.48 Å². The summed E-state index contributed by atoms with van der Waals surface area (Å²) in [5.74, 6) is -0.200. The van der Waals surface area contributed by atoms with Gasteiger partial charge in [-0.15, -0.1) is 11.3 Å². The fourth-order valence-electron chi connectivity index (χ4n) is 2.42. The minimum Gasteiger partial charge on any atom is -0.321 e. The van der Waals surface area contributed by atoms with Crippen LogP contribution in [-0.2, 0) is 6.54 Å². The lowest BCUT2D eigenvalue weighted by atomic mass is 10.2. The Labute approximate surface area is 152 Å². The van der Waals surface area contributed by atoms with E-state index in [1.165, 1.54) is 11.3 Å². The van der Waals surface area contributed by atoms with Crippen molar-refractivity contribution in [1.82, 2.24) is 14.8 Å². The minimum atomic E-state index is -0.200. The molecule has 3 heterocycles. The van der Waals surface area contributed by atoms with Crippen LogP contribution in [0.5, 0.6) is 0 Å². The van der Waals surface area contributed by atoms with Gasteiger partial charge < -0.3 is 5.32 Å². The van der Waals surface area contributed by atoms with Crippen LogP contribution in [0.3, 0.4) is 0 Å². The van der Waals surface area contributed by atoms with Gasteiger partial charge in [0.25, 0.3) is 5.91 Å². The van der Waals surface area contributed by atoms with Crippen LogP contribution in [0.25, 0.3) is 10.6 Å². The maximum absolute atomic E-state index is 12.4. The van der Waals surface area contributed by atoms with E-state index in [1.807, 2.05) is 58.0 Å². The second-order valence-electron chi connectivity index (χ2n) is 5.41. The molecular formula is C18H14N4OS2. The van der Waals surface area contributed by atoms with Crippen LogP contribution < -0.4 is 5.32 Å². The highest BCUT2D eigenvalue weighted by atomic mass is 32.1. The van der Waals surface area contributed by atoms with E-state index in [2.05, 4.69) is 15.4 Å². The number of nitrogens with zero attached hydrogens (tertiary/aromatic N) is 3. The molecule has 4 aromatic rings. The zero-order valence-corrected chi connectivity index (χ0v) is 14.8. The molecule has 1 N–H and O–H groups in total. The zero-order chi connectivity index (χ0) is 17.1. The molecule has 0 spiro atoms. The molecule has 0 saturated carbocycles. The van der Waals surface area contributed by atoms with Gasteiger partial charge in [-0.05, 0) is 35.2 Å². The smallest absolute Gasteiger partial charge is 0.275 e. The molecule has 0 saturated heterocycles. The molecule has 25 heavy (non-hydrogen) atoms. The predicted molar refractivity (Wildman–Crippen MR) is 101 cm³/mol. The van der Waals surface area contributed by atoms with Crippen LogP contribution >= 0.6 is 22.7 Å². The van der Waals surface area contributed by atoms with Crippen LogP contribution in [0.2, 0.25) is 0 Å². The number of aromatic nitrogens is 3. The number of thiazole rings is 1. The van der Waals surface area contributed by atoms with Gasteiger partial charge in [0.15, 0.2) is 0 Å². The quantitative estimate of drug-likeness (QED) is 0.571. The molecule has 0 bridgehead atoms. The first-order valence-electron chi connectivity index (χ1n) is 7.64. The van der Waals surface area contributed by atoms with Crippen molar-refractivity contribution < 1.29 is 4.79 Å². The Hall–Kier alpha value is -2.77. The van der Waals surface area contributed by atoms with E-state index in [0.29, 0.717) is 12.2 Å². The first kappa shape index (κ1) is 15.7. The number of hydrogen-bond donors (Lipinski definition) is 1. The summed E-state index contributed by atoms with van der Waals surface area (Å²) in [5, 5.41) is 13.8. The molecule has 1 aromatic carbocycles. The van der Waals surface area contributed by atoms with Crippen molar-refractivity contribution in [1.29, 1.82) is 0 Å². The number of benzene rings is 1. The second kappa shape index (κ2) is 7.00. The number of nitrogens with one attached hydrogen (secondary N) is 1. The Bertz CT molecular complexity index is 974. The highest BCUT2D eigenvalue weighted by molar-refractivity contribution is 7.14. The van der Waals surface area contributed by atoms with E-state index < -0.39 is 0 Å². The largest absolute Gasteiger partial charge is 0.321 e. The lowest BCUT2D eigenvalue weighted by Gasteiger charge is -2.07. The summed E-state index contributed by atoms with van der Waals surface area (Å²) in [6, 6.07) is 11.6. The van der Waals surface area contributed by atoms with Gasteiger partial charge in [0.2, 0.25) is 0 Å². The molecule has 124 valence electrons. The summed E-state index contributed by atoms with van der Waals surface area (Å²) in [5.41, 5.74) is 3.30. The summed E-state index contributed by atoms with van der Waals surface area (Å²) in [4.78, 5) is 16.9. The highest BCUT2D eigenvalue weighted by Gasteiger charge is 2.12. The van der Waals surface area contributed by atoms with Crippen molar-refractivity contribution >= 4 is 34.3 Å². The molecule has 5 nitrogen and oxygen atoms in total. The Morgan fingerprint density at radius 1 is 1.20 bits per heavy atom. The normalized spacial score (nSPS) is 10.7. The third-order valence-electron chi connectivity index (χ3n) is 3.59. The fraction of sp³-hybridized carbons (Fsp3) is 0.0556. The number of carbonyl (C=O) groups is 1. The molecular weight excluding hydrogens is 352 g/mol. The first-order chi connectivity index (χ1) is 12.3. The van der Waals surface area contributed by atoms with Gasteiger partial charge in [0.05, 0.1) is 6.54 Å². The molecule has 0 aliphatic rings. The van der Waals surface area contributed by atoms with Gasteiger partial charge in [-0.25, -0.2) is 4.98 Å². The number of hydrogen-bond acceptors (Lipinski definition) is 5. The Balaban J connectivity index is 1.47. The molecule has 4 rings (SSSR count). The van der Waals surface area contributed by atoms with E-state index in [9.17, 15) is 4.79 Å². The maximum atomic E-state index is 12.4. The summed E-state index contributed by atoms with van der Waals surface area (Å²) in [6.45, 7) is 0.662. The molecule has 3 aromatic heterocycles. The SMILES string of the molecule is O=C(Nc1cccc(Cn2cccn2)c1)c1csc(-c2ccsc2)n1. The van der Waals surface area contributed by atoms with Gasteiger partial charge >= 0.3 is 0 Å². The Kier molecular flexibility index (Phi) is 4.41. The Morgan fingerprint density at radius 2 is 2.16 bits per heavy atom. The number of thiophene rings is 1. The lowest BCUT2D eigenvalue weighted by Crippen LogP contribution is -2.12. The minimum absolute atomic E-state index is 0.200.